The molecule has 5 rings (SSSR count). The highest BCUT2D eigenvalue weighted by molar-refractivity contribution is 7.99. The Morgan fingerprint density at radius 1 is 1.29 bits per heavy atom. The van der Waals surface area contributed by atoms with Gasteiger partial charge in [0.2, 0.25) is 6.79 Å². The highest BCUT2D eigenvalue weighted by Crippen LogP contribution is 2.37. The second-order valence-corrected chi connectivity index (χ2v) is 9.56. The van der Waals surface area contributed by atoms with E-state index in [1.807, 2.05) is 6.07 Å². The van der Waals surface area contributed by atoms with E-state index in [9.17, 15) is 9.90 Å². The number of amides is 1. The van der Waals surface area contributed by atoms with E-state index >= 15 is 0 Å². The average Bonchev–Trinajstić information content (AvgIpc) is 3.42. The summed E-state index contributed by atoms with van der Waals surface area (Å²) < 4.78 is 13.0. The third kappa shape index (κ3) is 4.39. The predicted molar refractivity (Wildman–Crippen MR) is 127 cm³/mol. The number of nitrogens with zero attached hydrogens (tertiary/aromatic N) is 5. The maximum atomic E-state index is 12.1. The zero-order valence-electron chi connectivity index (χ0n) is 18.8. The number of nitrogen functional groups attached to an aromatic ring is 1. The molecule has 0 spiro atoms. The summed E-state index contributed by atoms with van der Waals surface area (Å²) in [6.07, 6.45) is 3.16. The number of hydrogen-bond donors (Lipinski definition) is 2. The zero-order chi connectivity index (χ0) is 23.8. The molecule has 10 nitrogen and oxygen atoms in total. The summed E-state index contributed by atoms with van der Waals surface area (Å²) in [5.41, 5.74) is 7.89. The lowest BCUT2D eigenvalue weighted by atomic mass is 9.93. The van der Waals surface area contributed by atoms with E-state index in [0.717, 1.165) is 29.3 Å². The minimum atomic E-state index is -0.956. The Morgan fingerprint density at radius 3 is 2.76 bits per heavy atom. The molecule has 3 N–H and O–H groups in total. The number of likely N-dealkylation sites (tertiary alicyclic amines) is 1. The van der Waals surface area contributed by atoms with Crippen molar-refractivity contribution >= 4 is 48.0 Å². The van der Waals surface area contributed by atoms with Crippen LogP contribution in [-0.2, 0) is 11.3 Å². The fourth-order valence-electron chi connectivity index (χ4n) is 4.36. The van der Waals surface area contributed by atoms with Crippen molar-refractivity contribution in [2.24, 2.45) is 5.92 Å². The molecule has 2 aliphatic rings. The van der Waals surface area contributed by atoms with Crippen molar-refractivity contribution in [2.45, 2.75) is 48.9 Å². The first-order valence-corrected chi connectivity index (χ1v) is 12.0. The molecule has 2 radical (unpaired) electrons. The van der Waals surface area contributed by atoms with Crippen LogP contribution in [0.5, 0.6) is 11.5 Å². The number of fused-ring (bicyclic) bond motifs is 2. The van der Waals surface area contributed by atoms with Crippen LogP contribution in [0.3, 0.4) is 0 Å². The number of nitrogens with two attached hydrogens (primary N) is 1. The van der Waals surface area contributed by atoms with Crippen LogP contribution < -0.4 is 20.7 Å². The van der Waals surface area contributed by atoms with Crippen molar-refractivity contribution < 1.29 is 19.4 Å². The van der Waals surface area contributed by atoms with Crippen molar-refractivity contribution in [3.63, 3.8) is 0 Å². The van der Waals surface area contributed by atoms with Gasteiger partial charge in [0.05, 0.1) is 0 Å². The molecular formula is C22H25BN6O4S. The van der Waals surface area contributed by atoms with E-state index in [0.29, 0.717) is 59.5 Å². The molecule has 1 saturated heterocycles. The van der Waals surface area contributed by atoms with Gasteiger partial charge in [0.25, 0.3) is 5.91 Å². The molecule has 34 heavy (non-hydrogen) atoms. The summed E-state index contributed by atoms with van der Waals surface area (Å²) in [4.78, 5) is 27.9. The molecule has 2 aliphatic heterocycles. The molecule has 176 valence electrons. The van der Waals surface area contributed by atoms with Gasteiger partial charge in [-0.15, -0.1) is 0 Å². The number of hydrogen-bond acceptors (Lipinski definition) is 9. The van der Waals surface area contributed by atoms with Gasteiger partial charge < -0.3 is 29.8 Å². The maximum absolute atomic E-state index is 12.1. The number of carbonyl (C=O) groups excluding carboxylic acids is 1. The third-order valence-corrected chi connectivity index (χ3v) is 7.34. The number of aryl methyl sites for hydroxylation is 1. The second kappa shape index (κ2) is 9.34. The number of piperidine rings is 1. The van der Waals surface area contributed by atoms with Gasteiger partial charge in [0.1, 0.15) is 20.3 Å². The van der Waals surface area contributed by atoms with E-state index in [4.69, 9.17) is 28.0 Å². The minimum absolute atomic E-state index is 0.176. The molecule has 0 unspecified atom stereocenters. The highest BCUT2D eigenvalue weighted by Gasteiger charge is 2.26. The molecule has 4 heterocycles. The van der Waals surface area contributed by atoms with Gasteiger partial charge in [-0.3, -0.25) is 4.79 Å². The van der Waals surface area contributed by atoms with Crippen LogP contribution in [0.2, 0.25) is 0 Å². The number of ether oxygens (including phenoxy) is 2. The van der Waals surface area contributed by atoms with Crippen molar-refractivity contribution in [1.82, 2.24) is 24.4 Å². The van der Waals surface area contributed by atoms with E-state index in [2.05, 4.69) is 14.5 Å². The van der Waals surface area contributed by atoms with Crippen LogP contribution in [0, 0.1) is 5.92 Å². The van der Waals surface area contributed by atoms with Gasteiger partial charge in [-0.2, -0.15) is 0 Å². The number of benzene rings is 1. The number of aliphatic hydroxyl groups excluding tert-OH is 1. The fourth-order valence-corrected chi connectivity index (χ4v) is 5.32. The summed E-state index contributed by atoms with van der Waals surface area (Å²) in [5.74, 6) is 1.85. The molecule has 0 bridgehead atoms. The second-order valence-electron chi connectivity index (χ2n) is 8.56. The molecule has 2 aromatic heterocycles. The van der Waals surface area contributed by atoms with Crippen molar-refractivity contribution in [1.29, 1.82) is 0 Å². The summed E-state index contributed by atoms with van der Waals surface area (Å²) in [7, 11) is 6.27. The highest BCUT2D eigenvalue weighted by atomic mass is 32.2. The summed E-state index contributed by atoms with van der Waals surface area (Å²) in [6.45, 7) is 3.69. The Morgan fingerprint density at radius 2 is 2.03 bits per heavy atom. The molecule has 3 aromatic rings. The van der Waals surface area contributed by atoms with Crippen LogP contribution >= 0.6 is 11.8 Å². The quantitative estimate of drug-likeness (QED) is 0.498. The Labute approximate surface area is 202 Å². The van der Waals surface area contributed by atoms with Gasteiger partial charge in [0.15, 0.2) is 33.6 Å². The SMILES string of the molecule is [B]c1cc2c(cc1Sc1nc3c(N)ncnc3n1CCC1CCN(C(=O)[C@H](C)O)CC1)OCO2. The number of carbonyl (C=O) groups is 1. The smallest absolute Gasteiger partial charge is 0.251 e. The largest absolute Gasteiger partial charge is 0.454 e. The van der Waals surface area contributed by atoms with Crippen LogP contribution in [0.4, 0.5) is 5.82 Å². The lowest BCUT2D eigenvalue weighted by Crippen LogP contribution is -2.43. The normalized spacial score (nSPS) is 16.8. The summed E-state index contributed by atoms with van der Waals surface area (Å²) in [5, 5.41) is 10.3. The number of anilines is 1. The first-order valence-electron chi connectivity index (χ1n) is 11.2. The van der Waals surface area contributed by atoms with Crippen LogP contribution in [0.1, 0.15) is 26.2 Å². The molecule has 1 fully saturated rings. The molecule has 0 aliphatic carbocycles. The zero-order valence-corrected chi connectivity index (χ0v) is 19.6. The Bertz CT molecular complexity index is 1230. The van der Waals surface area contributed by atoms with Gasteiger partial charge in [-0.25, -0.2) is 15.0 Å². The number of aromatic nitrogens is 4. The molecular weight excluding hydrogens is 455 g/mol. The van der Waals surface area contributed by atoms with Crippen molar-refractivity contribution in [3.05, 3.63) is 18.5 Å². The van der Waals surface area contributed by atoms with Crippen LogP contribution in [0.15, 0.2) is 28.5 Å². The summed E-state index contributed by atoms with van der Waals surface area (Å²) in [6, 6.07) is 3.62. The van der Waals surface area contributed by atoms with E-state index in [1.54, 1.807) is 11.0 Å². The van der Waals surface area contributed by atoms with E-state index in [-0.39, 0.29) is 12.7 Å². The third-order valence-electron chi connectivity index (χ3n) is 6.28. The standard InChI is InChI=1S/C22H25BN6O4S/c1-12(30)21(31)28-5-2-13(3-6-28)4-7-29-20-18(19(24)25-10-26-20)27-22(29)34-17-9-16-15(8-14(17)23)32-11-33-16/h8-10,12-13,30H,2-7,11H2,1H3,(H2,24,25,26)/t12-/m0/s1. The van der Waals surface area contributed by atoms with E-state index < -0.39 is 6.10 Å². The van der Waals surface area contributed by atoms with Crippen LogP contribution in [-0.4, -0.2) is 69.3 Å². The van der Waals surface area contributed by atoms with Gasteiger partial charge in [-0.1, -0.05) is 17.2 Å². The Hall–Kier alpha value is -2.99. The van der Waals surface area contributed by atoms with Gasteiger partial charge in [-0.05, 0) is 44.2 Å². The van der Waals surface area contributed by atoms with Crippen LogP contribution in [0.25, 0.3) is 11.2 Å². The Balaban J connectivity index is 1.36. The van der Waals surface area contributed by atoms with Gasteiger partial charge in [0, 0.05) is 24.5 Å². The molecule has 1 atom stereocenters. The molecule has 1 aromatic carbocycles. The summed E-state index contributed by atoms with van der Waals surface area (Å²) >= 11 is 1.42. The number of rotatable bonds is 6. The first kappa shape index (κ1) is 22.8. The topological polar surface area (TPSA) is 129 Å². The first-order chi connectivity index (χ1) is 16.4. The maximum Gasteiger partial charge on any atom is 0.251 e. The van der Waals surface area contributed by atoms with Crippen molar-refractivity contribution in [2.75, 3.05) is 25.6 Å². The molecule has 0 saturated carbocycles. The molecule has 12 heteroatoms. The lowest BCUT2D eigenvalue weighted by molar-refractivity contribution is -0.140. The Kier molecular flexibility index (Phi) is 6.26. The average molecular weight is 480 g/mol. The predicted octanol–water partition coefficient (Wildman–Crippen LogP) is 1.09. The number of aliphatic hydroxyl groups is 1. The minimum Gasteiger partial charge on any atom is -0.454 e. The monoisotopic (exact) mass is 480 g/mol. The van der Waals surface area contributed by atoms with E-state index in [1.165, 1.54) is 25.0 Å². The van der Waals surface area contributed by atoms with Gasteiger partial charge >= 0.3 is 0 Å². The number of imidazole rings is 1. The molecule has 1 amide bonds. The van der Waals surface area contributed by atoms with Crippen molar-refractivity contribution in [3.8, 4) is 11.5 Å². The lowest BCUT2D eigenvalue weighted by Gasteiger charge is -2.32. The fraction of sp³-hybridized carbons (Fsp3) is 0.455.